The molecule has 0 saturated heterocycles. The predicted octanol–water partition coefficient (Wildman–Crippen LogP) is 8.39. The Labute approximate surface area is 231 Å². The van der Waals surface area contributed by atoms with Gasteiger partial charge < -0.3 is 9.84 Å². The summed E-state index contributed by atoms with van der Waals surface area (Å²) < 4.78 is 4.85. The van der Waals surface area contributed by atoms with E-state index < -0.39 is 6.10 Å². The number of ether oxygens (including phenoxy) is 1. The maximum atomic E-state index is 11.8. The minimum atomic E-state index is -0.401. The van der Waals surface area contributed by atoms with Crippen LogP contribution in [0.15, 0.2) is 72.3 Å². The molecule has 0 amide bonds. The molecule has 1 N–H and O–H groups in total. The van der Waals surface area contributed by atoms with Crippen LogP contribution >= 0.6 is 11.3 Å². The van der Waals surface area contributed by atoms with Crippen molar-refractivity contribution in [2.24, 2.45) is 5.92 Å². The Bertz CT molecular complexity index is 1270. The summed E-state index contributed by atoms with van der Waals surface area (Å²) in [5.41, 5.74) is 5.85. The first-order valence-electron chi connectivity index (χ1n) is 13.8. The van der Waals surface area contributed by atoms with E-state index in [0.29, 0.717) is 10.8 Å². The molecule has 38 heavy (non-hydrogen) atoms. The van der Waals surface area contributed by atoms with Crippen LogP contribution in [0.1, 0.15) is 95.6 Å². The van der Waals surface area contributed by atoms with Crippen molar-refractivity contribution in [1.29, 1.82) is 0 Å². The molecule has 1 aliphatic carbocycles. The van der Waals surface area contributed by atoms with E-state index >= 15 is 0 Å². The Hall–Kier alpha value is -3.13. The van der Waals surface area contributed by atoms with Crippen molar-refractivity contribution < 1.29 is 14.6 Å². The number of benzene rings is 2. The minimum absolute atomic E-state index is 0.261. The second kappa shape index (κ2) is 14.1. The van der Waals surface area contributed by atoms with E-state index in [9.17, 15) is 9.90 Å². The summed E-state index contributed by atoms with van der Waals surface area (Å²) >= 11 is 1.53. The number of esters is 1. The van der Waals surface area contributed by atoms with Gasteiger partial charge in [0.25, 0.3) is 0 Å². The number of aryl methyl sites for hydroxylation is 1. The summed E-state index contributed by atoms with van der Waals surface area (Å²) in [5.74, 6) is 7.08. The summed E-state index contributed by atoms with van der Waals surface area (Å²) in [7, 11) is 1.42. The van der Waals surface area contributed by atoms with Gasteiger partial charge in [0.05, 0.1) is 13.2 Å². The molecule has 3 nitrogen and oxygen atoms in total. The number of aliphatic hydroxyl groups excluding tert-OH is 1. The second-order valence-corrected chi connectivity index (χ2v) is 11.2. The molecule has 1 aliphatic rings. The van der Waals surface area contributed by atoms with Crippen LogP contribution in [0.2, 0.25) is 0 Å². The third-order valence-corrected chi connectivity index (χ3v) is 8.44. The Kier molecular flexibility index (Phi) is 10.4. The number of hydrogen-bond donors (Lipinski definition) is 1. The zero-order valence-electron chi connectivity index (χ0n) is 22.5. The van der Waals surface area contributed by atoms with Crippen LogP contribution in [0, 0.1) is 17.8 Å². The molecule has 1 aromatic heterocycles. The fourth-order valence-corrected chi connectivity index (χ4v) is 6.19. The number of carbonyl (C=O) groups excluding carboxylic acids is 1. The van der Waals surface area contributed by atoms with Gasteiger partial charge in [0.15, 0.2) is 0 Å². The molecule has 0 spiro atoms. The molecule has 0 fully saturated rings. The Morgan fingerprint density at radius 3 is 2.55 bits per heavy atom. The van der Waals surface area contributed by atoms with Gasteiger partial charge in [0.2, 0.25) is 0 Å². The number of carbonyl (C=O) groups is 1. The third kappa shape index (κ3) is 7.47. The number of thiophene rings is 1. The number of unbranched alkanes of at least 4 members (excludes halogenated alkanes) is 2. The van der Waals surface area contributed by atoms with Crippen molar-refractivity contribution in [3.63, 3.8) is 0 Å². The third-order valence-electron chi connectivity index (χ3n) is 7.32. The molecular formula is C34H38O3S. The lowest BCUT2D eigenvalue weighted by Gasteiger charge is -2.17. The fourth-order valence-electron chi connectivity index (χ4n) is 5.23. The van der Waals surface area contributed by atoms with E-state index in [1.165, 1.54) is 40.0 Å². The molecule has 0 saturated carbocycles. The van der Waals surface area contributed by atoms with Gasteiger partial charge in [-0.15, -0.1) is 11.3 Å². The molecule has 1 heterocycles. The first-order chi connectivity index (χ1) is 18.6. The van der Waals surface area contributed by atoms with Crippen molar-refractivity contribution in [1.82, 2.24) is 0 Å². The molecular weight excluding hydrogens is 488 g/mol. The van der Waals surface area contributed by atoms with Gasteiger partial charge in [-0.2, -0.15) is 0 Å². The minimum Gasteiger partial charge on any atom is -0.465 e. The van der Waals surface area contributed by atoms with Crippen molar-refractivity contribution in [2.45, 2.75) is 70.8 Å². The fraction of sp³-hybridized carbons (Fsp3) is 0.382. The van der Waals surface area contributed by atoms with E-state index in [1.807, 2.05) is 30.3 Å². The molecule has 198 valence electrons. The highest BCUT2D eigenvalue weighted by molar-refractivity contribution is 7.13. The molecule has 4 heteroatoms. The lowest BCUT2D eigenvalue weighted by atomic mass is 9.88. The average molecular weight is 527 g/mol. The van der Waals surface area contributed by atoms with E-state index in [1.54, 1.807) is 0 Å². The van der Waals surface area contributed by atoms with Gasteiger partial charge in [-0.3, -0.25) is 0 Å². The van der Waals surface area contributed by atoms with E-state index in [0.717, 1.165) is 68.9 Å². The quantitative estimate of drug-likeness (QED) is 0.155. The van der Waals surface area contributed by atoms with Crippen LogP contribution in [-0.4, -0.2) is 18.2 Å². The van der Waals surface area contributed by atoms with Crippen LogP contribution in [-0.2, 0) is 11.2 Å². The van der Waals surface area contributed by atoms with Crippen molar-refractivity contribution >= 4 is 22.9 Å². The molecule has 0 aliphatic heterocycles. The first kappa shape index (κ1) is 27.9. The first-order valence-corrected chi connectivity index (χ1v) is 14.7. The van der Waals surface area contributed by atoms with Gasteiger partial charge in [-0.1, -0.05) is 80.5 Å². The highest BCUT2D eigenvalue weighted by Crippen LogP contribution is 2.42. The zero-order chi connectivity index (χ0) is 26.7. The van der Waals surface area contributed by atoms with Crippen molar-refractivity contribution in [2.75, 3.05) is 7.11 Å². The normalized spacial score (nSPS) is 15.7. The maximum Gasteiger partial charge on any atom is 0.348 e. The van der Waals surface area contributed by atoms with Crippen LogP contribution in [0.4, 0.5) is 0 Å². The van der Waals surface area contributed by atoms with E-state index in [-0.39, 0.29) is 5.97 Å². The van der Waals surface area contributed by atoms with Gasteiger partial charge in [0.1, 0.15) is 4.88 Å². The highest BCUT2D eigenvalue weighted by atomic mass is 32.1. The Morgan fingerprint density at radius 2 is 1.82 bits per heavy atom. The maximum absolute atomic E-state index is 11.8. The monoisotopic (exact) mass is 526 g/mol. The van der Waals surface area contributed by atoms with Gasteiger partial charge >= 0.3 is 5.97 Å². The van der Waals surface area contributed by atoms with Gasteiger partial charge in [-0.25, -0.2) is 4.79 Å². The summed E-state index contributed by atoms with van der Waals surface area (Å²) in [6.45, 7) is 2.19. The molecule has 0 bridgehead atoms. The largest absolute Gasteiger partial charge is 0.465 e. The van der Waals surface area contributed by atoms with Crippen molar-refractivity contribution in [3.8, 4) is 11.8 Å². The number of methoxy groups -OCH3 is 1. The molecule has 2 unspecified atom stereocenters. The van der Waals surface area contributed by atoms with Crippen LogP contribution in [0.5, 0.6) is 0 Å². The van der Waals surface area contributed by atoms with Crippen LogP contribution in [0.25, 0.3) is 5.57 Å². The zero-order valence-corrected chi connectivity index (χ0v) is 23.4. The molecule has 4 rings (SSSR count). The van der Waals surface area contributed by atoms with Crippen LogP contribution in [0.3, 0.4) is 0 Å². The van der Waals surface area contributed by atoms with Crippen molar-refractivity contribution in [3.05, 3.63) is 98.7 Å². The summed E-state index contributed by atoms with van der Waals surface area (Å²) in [5, 5.41) is 10.6. The van der Waals surface area contributed by atoms with Gasteiger partial charge in [-0.05, 0) is 85.4 Å². The Balaban J connectivity index is 1.51. The Morgan fingerprint density at radius 1 is 1.03 bits per heavy atom. The average Bonchev–Trinajstić information content (AvgIpc) is 3.59. The summed E-state index contributed by atoms with van der Waals surface area (Å²) in [6.07, 6.45) is 8.97. The van der Waals surface area contributed by atoms with E-state index in [4.69, 9.17) is 4.74 Å². The predicted molar refractivity (Wildman–Crippen MR) is 157 cm³/mol. The summed E-state index contributed by atoms with van der Waals surface area (Å²) in [4.78, 5) is 13.7. The van der Waals surface area contributed by atoms with Crippen LogP contribution < -0.4 is 0 Å². The molecule has 0 radical (unpaired) electrons. The molecule has 3 aromatic rings. The lowest BCUT2D eigenvalue weighted by molar-refractivity contribution is 0.0606. The van der Waals surface area contributed by atoms with E-state index in [2.05, 4.69) is 55.2 Å². The second-order valence-electron chi connectivity index (χ2n) is 10.0. The summed E-state index contributed by atoms with van der Waals surface area (Å²) in [6, 6.07) is 22.6. The topological polar surface area (TPSA) is 46.5 Å². The number of hydrogen-bond acceptors (Lipinski definition) is 4. The SMILES string of the molecule is CCCCCC(O)c1ccc(C2=C(C#Cc3ccccc3)CCC2CCCc2ccc(C(=O)OC)s2)cc1. The highest BCUT2D eigenvalue weighted by Gasteiger charge is 2.26. The molecule has 2 atom stereocenters. The van der Waals surface area contributed by atoms with Gasteiger partial charge in [0, 0.05) is 16.0 Å². The number of aliphatic hydroxyl groups is 1. The smallest absolute Gasteiger partial charge is 0.348 e. The lowest BCUT2D eigenvalue weighted by Crippen LogP contribution is -2.02. The number of allylic oxidation sites excluding steroid dienone is 2. The molecule has 2 aromatic carbocycles. The number of rotatable bonds is 11. The standard InChI is InChI=1S/C34H38O3S/c1-3-4-6-14-31(35)26-17-19-29(20-18-26)33-27(12-9-13-30-23-24-32(38-30)34(36)37-2)21-22-28(33)16-15-25-10-7-5-8-11-25/h5,7-8,10-11,17-20,23-24,27,31,35H,3-4,6,9,12-14,21-22H2,1-2H3.